The van der Waals surface area contributed by atoms with Crippen LogP contribution < -0.4 is 5.73 Å². The lowest BCUT2D eigenvalue weighted by atomic mass is 10.1. The molecule has 0 spiro atoms. The molecule has 0 aliphatic carbocycles. The van der Waals surface area contributed by atoms with E-state index in [9.17, 15) is 4.57 Å². The predicted octanol–water partition coefficient (Wildman–Crippen LogP) is 3.70. The van der Waals surface area contributed by atoms with Gasteiger partial charge in [-0.2, -0.15) is 0 Å². The highest BCUT2D eigenvalue weighted by Crippen LogP contribution is 2.55. The van der Waals surface area contributed by atoms with Crippen LogP contribution >= 0.6 is 23.5 Å². The highest BCUT2D eigenvalue weighted by molar-refractivity contribution is 9.10. The van der Waals surface area contributed by atoms with Crippen molar-refractivity contribution >= 4 is 48.8 Å². The maximum atomic E-state index is 12.6. The van der Waals surface area contributed by atoms with Crippen molar-refractivity contribution in [3.05, 3.63) is 11.1 Å². The summed E-state index contributed by atoms with van der Waals surface area (Å²) in [5.74, 6) is 0.273. The fraction of sp³-hybridized carbons (Fsp3) is 0.706. The van der Waals surface area contributed by atoms with Crippen LogP contribution in [0.5, 0.6) is 0 Å². The normalized spacial score (nSPS) is 32.5. The first-order valence-electron chi connectivity index (χ1n) is 9.68. The second-order valence-corrected chi connectivity index (χ2v) is 16.7. The monoisotopic (exact) mass is 519 g/mol. The van der Waals surface area contributed by atoms with Gasteiger partial charge in [0.1, 0.15) is 24.6 Å². The number of ether oxygens (including phenoxy) is 1. The second-order valence-electron chi connectivity index (χ2n) is 9.23. The van der Waals surface area contributed by atoms with Crippen LogP contribution in [0, 0.1) is 0 Å². The summed E-state index contributed by atoms with van der Waals surface area (Å²) in [6.07, 6.45) is -0.747. The first-order chi connectivity index (χ1) is 13.8. The van der Waals surface area contributed by atoms with E-state index in [0.29, 0.717) is 15.9 Å². The lowest BCUT2D eigenvalue weighted by Crippen LogP contribution is -2.50. The molecule has 4 heterocycles. The molecule has 2 aliphatic rings. The van der Waals surface area contributed by atoms with Gasteiger partial charge in [0, 0.05) is 6.66 Å². The minimum Gasteiger partial charge on any atom is -0.407 e. The smallest absolute Gasteiger partial charge is 0.328 e. The molecule has 2 aliphatic heterocycles. The lowest BCUT2D eigenvalue weighted by molar-refractivity contribution is -0.0581. The predicted molar refractivity (Wildman–Crippen MR) is 118 cm³/mol. The van der Waals surface area contributed by atoms with E-state index in [1.54, 1.807) is 4.57 Å². The first kappa shape index (κ1) is 22.3. The molecule has 2 aromatic rings. The molecule has 0 amide bonds. The number of hydrogen-bond donors (Lipinski definition) is 1. The highest BCUT2D eigenvalue weighted by atomic mass is 79.9. The number of nitrogens with two attached hydrogens (primary N) is 1. The van der Waals surface area contributed by atoms with Crippen LogP contribution in [-0.2, 0) is 22.8 Å². The fourth-order valence-corrected chi connectivity index (χ4v) is 6.41. The third-order valence-electron chi connectivity index (χ3n) is 6.03. The van der Waals surface area contributed by atoms with Crippen molar-refractivity contribution in [1.82, 2.24) is 19.5 Å². The van der Waals surface area contributed by atoms with Crippen LogP contribution in [0.2, 0.25) is 18.1 Å². The molecule has 2 unspecified atom stereocenters. The van der Waals surface area contributed by atoms with Gasteiger partial charge in [0.15, 0.2) is 36.3 Å². The van der Waals surface area contributed by atoms with Gasteiger partial charge >= 0.3 is 7.60 Å². The maximum absolute atomic E-state index is 12.6. The number of rotatable bonds is 3. The van der Waals surface area contributed by atoms with Crippen LogP contribution in [0.15, 0.2) is 11.1 Å². The average Bonchev–Trinajstić information content (AvgIpc) is 3.11. The Morgan fingerprint density at radius 1 is 1.37 bits per heavy atom. The molecule has 2 N–H and O–H groups in total. The van der Waals surface area contributed by atoms with Crippen LogP contribution in [0.3, 0.4) is 0 Å². The van der Waals surface area contributed by atoms with Crippen LogP contribution in [0.25, 0.3) is 11.2 Å². The van der Waals surface area contributed by atoms with Crippen molar-refractivity contribution in [3.63, 3.8) is 0 Å². The van der Waals surface area contributed by atoms with Gasteiger partial charge in [0.05, 0.1) is 6.61 Å². The van der Waals surface area contributed by atoms with Crippen molar-refractivity contribution in [2.24, 2.45) is 0 Å². The van der Waals surface area contributed by atoms with E-state index in [4.69, 9.17) is 23.9 Å². The number of halogens is 1. The largest absolute Gasteiger partial charge is 0.407 e. The Bertz CT molecular complexity index is 1030. The van der Waals surface area contributed by atoms with Crippen molar-refractivity contribution in [2.75, 3.05) is 19.0 Å². The minimum absolute atomic E-state index is 0.0441. The van der Waals surface area contributed by atoms with E-state index < -0.39 is 40.5 Å². The molecule has 2 saturated heterocycles. The van der Waals surface area contributed by atoms with Gasteiger partial charge < -0.3 is 19.4 Å². The molecule has 0 saturated carbocycles. The number of fused-ring (bicyclic) bond motifs is 2. The first-order valence-corrected chi connectivity index (χ1v) is 15.4. The van der Waals surface area contributed by atoms with Crippen molar-refractivity contribution in [3.8, 4) is 0 Å². The molecule has 13 heteroatoms. The van der Waals surface area contributed by atoms with E-state index in [2.05, 4.69) is 64.7 Å². The third kappa shape index (κ3) is 3.76. The number of nitrogens with zero attached hydrogens (tertiary/aromatic N) is 4. The molecule has 0 aromatic carbocycles. The molecule has 10 nitrogen and oxygen atoms in total. The molecule has 30 heavy (non-hydrogen) atoms. The summed E-state index contributed by atoms with van der Waals surface area (Å²) in [6, 6.07) is 0. The molecule has 166 valence electrons. The van der Waals surface area contributed by atoms with Gasteiger partial charge in [-0.05, 0) is 34.1 Å². The summed E-state index contributed by atoms with van der Waals surface area (Å²) in [5.41, 5.74) is 6.97. The lowest BCUT2D eigenvalue weighted by Gasteiger charge is -2.41. The summed E-state index contributed by atoms with van der Waals surface area (Å²) < 4.78 is 39.2. The summed E-state index contributed by atoms with van der Waals surface area (Å²) in [6.45, 7) is 12.4. The molecule has 0 radical (unpaired) electrons. The van der Waals surface area contributed by atoms with Gasteiger partial charge in [-0.1, -0.05) is 20.8 Å². The van der Waals surface area contributed by atoms with E-state index in [1.165, 1.54) is 13.0 Å². The van der Waals surface area contributed by atoms with Crippen molar-refractivity contribution in [1.29, 1.82) is 0 Å². The minimum atomic E-state index is -3.20. The number of aromatic nitrogens is 4. The summed E-state index contributed by atoms with van der Waals surface area (Å²) >= 11 is 3.50. The zero-order valence-corrected chi connectivity index (χ0v) is 21.3. The number of nitrogen functional groups attached to an aromatic ring is 1. The Balaban J connectivity index is 1.81. The number of imidazole rings is 1. The summed E-state index contributed by atoms with van der Waals surface area (Å²) in [5, 5.41) is -0.0441. The molecule has 2 aromatic heterocycles. The van der Waals surface area contributed by atoms with Gasteiger partial charge in [-0.3, -0.25) is 13.7 Å². The zero-order chi connectivity index (χ0) is 22.1. The van der Waals surface area contributed by atoms with Gasteiger partial charge in [0.25, 0.3) is 0 Å². The van der Waals surface area contributed by atoms with Crippen molar-refractivity contribution < 1.29 is 22.8 Å². The SMILES string of the molecule is CC(C)(C)[Si](C)(C)O[C@@H]1C(n2c(Br)nc3c(N)ncnc32)OC2CO[P@](C)(=O)O[C@@H]21. The van der Waals surface area contributed by atoms with Crippen LogP contribution in [0.1, 0.15) is 27.0 Å². The van der Waals surface area contributed by atoms with Crippen LogP contribution in [0.4, 0.5) is 5.82 Å². The quantitative estimate of drug-likeness (QED) is 0.367. The molecule has 2 fully saturated rings. The second kappa shape index (κ2) is 7.33. The maximum Gasteiger partial charge on any atom is 0.328 e. The fourth-order valence-electron chi connectivity index (χ4n) is 3.41. The molecule has 0 bridgehead atoms. The standard InChI is InChI=1S/C17H27BrN5O5PSi/c1-17(2,3)30(5,6)28-12-11-9(7-25-29(4,24)27-11)26-15(12)23-14-10(22-16(23)18)13(19)20-8-21-14/h8-9,11-12,15H,7H2,1-6H3,(H2,19,20,21)/t9?,11-,12-,15?,29-/m0/s1. The number of hydrogen-bond acceptors (Lipinski definition) is 9. The van der Waals surface area contributed by atoms with Gasteiger partial charge in [0.2, 0.25) is 0 Å². The average molecular weight is 520 g/mol. The van der Waals surface area contributed by atoms with Crippen molar-refractivity contribution in [2.45, 2.75) is 63.4 Å². The Morgan fingerprint density at radius 2 is 2.07 bits per heavy atom. The Hall–Kier alpha value is -0.883. The number of anilines is 1. The summed E-state index contributed by atoms with van der Waals surface area (Å²) in [7, 11) is -5.44. The summed E-state index contributed by atoms with van der Waals surface area (Å²) in [4.78, 5) is 12.8. The molecule has 4 rings (SSSR count). The Labute approximate surface area is 184 Å². The molecular weight excluding hydrogens is 493 g/mol. The highest BCUT2D eigenvalue weighted by Gasteiger charge is 2.55. The Kier molecular flexibility index (Phi) is 5.45. The van der Waals surface area contributed by atoms with Gasteiger partial charge in [-0.25, -0.2) is 15.0 Å². The third-order valence-corrected chi connectivity index (χ3v) is 12.3. The zero-order valence-electron chi connectivity index (χ0n) is 17.8. The van der Waals surface area contributed by atoms with E-state index >= 15 is 0 Å². The van der Waals surface area contributed by atoms with Crippen LogP contribution in [-0.4, -0.2) is 59.4 Å². The molecule has 5 atom stereocenters. The molecular formula is C17H27BrN5O5PSi. The topological polar surface area (TPSA) is 124 Å². The Morgan fingerprint density at radius 3 is 2.73 bits per heavy atom. The van der Waals surface area contributed by atoms with E-state index in [1.807, 2.05) is 0 Å². The van der Waals surface area contributed by atoms with Gasteiger partial charge in [-0.15, -0.1) is 0 Å². The van der Waals surface area contributed by atoms with E-state index in [0.717, 1.165) is 0 Å². The van der Waals surface area contributed by atoms with E-state index in [-0.39, 0.29) is 17.5 Å².